The summed E-state index contributed by atoms with van der Waals surface area (Å²) in [6, 6.07) is 13.5. The van der Waals surface area contributed by atoms with E-state index in [-0.39, 0.29) is 11.6 Å². The molecule has 1 fully saturated rings. The lowest BCUT2D eigenvalue weighted by atomic mass is 10.1. The van der Waals surface area contributed by atoms with Crippen LogP contribution in [0, 0.1) is 0 Å². The Hall–Kier alpha value is -3.22. The number of hydrogen-bond donors (Lipinski definition) is 1. The van der Waals surface area contributed by atoms with Gasteiger partial charge in [-0.25, -0.2) is 9.79 Å². The minimum absolute atomic E-state index is 0.0243. The number of amidine groups is 1. The van der Waals surface area contributed by atoms with Gasteiger partial charge >= 0.3 is 6.03 Å². The van der Waals surface area contributed by atoms with Crippen LogP contribution in [0.1, 0.15) is 26.3 Å². The average Bonchev–Trinajstić information content (AvgIpc) is 2.88. The second-order valence-electron chi connectivity index (χ2n) is 8.52. The van der Waals surface area contributed by atoms with Gasteiger partial charge in [0.1, 0.15) is 23.0 Å². The number of piperazine rings is 1. The van der Waals surface area contributed by atoms with E-state index in [1.807, 2.05) is 68.1 Å². The number of ether oxygens (including phenoxy) is 2. The molecular weight excluding hydrogens is 380 g/mol. The van der Waals surface area contributed by atoms with Gasteiger partial charge < -0.3 is 24.6 Å². The molecule has 2 aromatic carbocycles. The summed E-state index contributed by atoms with van der Waals surface area (Å²) in [5.41, 5.74) is 1.45. The molecule has 2 aliphatic heterocycles. The molecule has 30 heavy (non-hydrogen) atoms. The highest BCUT2D eigenvalue weighted by Gasteiger charge is 2.28. The summed E-state index contributed by atoms with van der Waals surface area (Å²) >= 11 is 0. The zero-order chi connectivity index (χ0) is 21.3. The van der Waals surface area contributed by atoms with Crippen LogP contribution in [0.2, 0.25) is 0 Å². The van der Waals surface area contributed by atoms with Gasteiger partial charge in [0.15, 0.2) is 5.75 Å². The third-order valence-electron chi connectivity index (χ3n) is 5.09. The number of nitrogens with one attached hydrogen (secondary N) is 1. The molecule has 158 valence electrons. The second-order valence-corrected chi connectivity index (χ2v) is 8.52. The van der Waals surface area contributed by atoms with Crippen LogP contribution in [0.3, 0.4) is 0 Å². The number of fused-ring (bicyclic) bond motifs is 2. The molecule has 0 saturated carbocycles. The molecule has 0 radical (unpaired) electrons. The van der Waals surface area contributed by atoms with Gasteiger partial charge in [-0.3, -0.25) is 0 Å². The minimum Gasteiger partial charge on any atom is -0.497 e. The number of nitrogens with zero attached hydrogens (tertiary/aromatic N) is 3. The highest BCUT2D eigenvalue weighted by atomic mass is 16.5. The molecule has 0 aromatic heterocycles. The van der Waals surface area contributed by atoms with Crippen LogP contribution in [0.25, 0.3) is 0 Å². The second kappa shape index (κ2) is 7.89. The van der Waals surface area contributed by atoms with E-state index in [0.29, 0.717) is 37.7 Å². The van der Waals surface area contributed by atoms with E-state index in [1.54, 1.807) is 7.11 Å². The van der Waals surface area contributed by atoms with Gasteiger partial charge in [-0.1, -0.05) is 12.1 Å². The van der Waals surface area contributed by atoms with Crippen molar-refractivity contribution in [2.45, 2.75) is 26.3 Å². The monoisotopic (exact) mass is 408 g/mol. The fourth-order valence-electron chi connectivity index (χ4n) is 3.59. The number of benzene rings is 2. The molecule has 4 rings (SSSR count). The molecular formula is C23H28N4O3. The fraction of sp³-hybridized carbons (Fsp3) is 0.391. The molecule has 1 saturated heterocycles. The van der Waals surface area contributed by atoms with E-state index in [9.17, 15) is 4.79 Å². The normalized spacial score (nSPS) is 15.9. The van der Waals surface area contributed by atoms with Crippen LogP contribution >= 0.6 is 0 Å². The summed E-state index contributed by atoms with van der Waals surface area (Å²) in [7, 11) is 1.64. The molecule has 0 spiro atoms. The van der Waals surface area contributed by atoms with Gasteiger partial charge in [0.2, 0.25) is 0 Å². The third kappa shape index (κ3) is 4.20. The lowest BCUT2D eigenvalue weighted by Crippen LogP contribution is -2.56. The Bertz CT molecular complexity index is 973. The fourth-order valence-corrected chi connectivity index (χ4v) is 3.59. The van der Waals surface area contributed by atoms with E-state index in [4.69, 9.17) is 14.5 Å². The highest BCUT2D eigenvalue weighted by molar-refractivity contribution is 6.04. The number of amides is 2. The van der Waals surface area contributed by atoms with Crippen LogP contribution in [0.5, 0.6) is 17.2 Å². The number of carbonyl (C=O) groups is 1. The predicted octanol–water partition coefficient (Wildman–Crippen LogP) is 4.00. The first-order chi connectivity index (χ1) is 14.3. The van der Waals surface area contributed by atoms with Gasteiger partial charge in [0.05, 0.1) is 12.7 Å². The van der Waals surface area contributed by atoms with Crippen molar-refractivity contribution in [2.24, 2.45) is 4.99 Å². The molecule has 0 atom stereocenters. The van der Waals surface area contributed by atoms with Crippen molar-refractivity contribution >= 4 is 17.6 Å². The molecule has 7 heteroatoms. The van der Waals surface area contributed by atoms with Gasteiger partial charge in [0.25, 0.3) is 0 Å². The molecule has 0 bridgehead atoms. The Kier molecular flexibility index (Phi) is 5.28. The number of carbonyl (C=O) groups excluding carboxylic acids is 1. The summed E-state index contributed by atoms with van der Waals surface area (Å²) in [4.78, 5) is 21.5. The lowest BCUT2D eigenvalue weighted by Gasteiger charge is -2.37. The number of rotatable bonds is 1. The van der Waals surface area contributed by atoms with Crippen molar-refractivity contribution in [1.29, 1.82) is 0 Å². The highest BCUT2D eigenvalue weighted by Crippen LogP contribution is 2.39. The van der Waals surface area contributed by atoms with Crippen molar-refractivity contribution in [1.82, 2.24) is 15.1 Å². The quantitative estimate of drug-likeness (QED) is 0.774. The van der Waals surface area contributed by atoms with Gasteiger partial charge in [0, 0.05) is 37.8 Å². The van der Waals surface area contributed by atoms with E-state index in [2.05, 4.69) is 10.2 Å². The maximum atomic E-state index is 12.5. The molecule has 2 heterocycles. The molecule has 1 N–H and O–H groups in total. The first kappa shape index (κ1) is 20.1. The standard InChI is InChI=1S/C23H28N4O3/c1-23(2,3)25-22(28)27-13-11-26(12-14-27)21-17-10-9-16(29-4)15-20(17)30-19-8-6-5-7-18(19)24-21/h5-10,15H,11-14H2,1-4H3,(H,25,28). The van der Waals surface area contributed by atoms with Crippen LogP contribution in [-0.2, 0) is 0 Å². The van der Waals surface area contributed by atoms with E-state index < -0.39 is 0 Å². The van der Waals surface area contributed by atoms with E-state index in [0.717, 1.165) is 22.8 Å². The maximum Gasteiger partial charge on any atom is 0.317 e. The molecule has 2 amide bonds. The number of aliphatic imine (C=N–C) groups is 1. The molecule has 0 aliphatic carbocycles. The Morgan fingerprint density at radius 1 is 1.07 bits per heavy atom. The van der Waals surface area contributed by atoms with Crippen molar-refractivity contribution in [3.63, 3.8) is 0 Å². The summed E-state index contributed by atoms with van der Waals surface area (Å²) < 4.78 is 11.6. The summed E-state index contributed by atoms with van der Waals surface area (Å²) in [5, 5.41) is 3.04. The number of methoxy groups -OCH3 is 1. The van der Waals surface area contributed by atoms with Crippen LogP contribution in [0.15, 0.2) is 47.5 Å². The Balaban J connectivity index is 1.61. The number of urea groups is 1. The minimum atomic E-state index is -0.251. The van der Waals surface area contributed by atoms with Crippen molar-refractivity contribution in [2.75, 3.05) is 33.3 Å². The first-order valence-electron chi connectivity index (χ1n) is 10.2. The largest absolute Gasteiger partial charge is 0.497 e. The smallest absolute Gasteiger partial charge is 0.317 e. The zero-order valence-electron chi connectivity index (χ0n) is 17.9. The summed E-state index contributed by atoms with van der Waals surface area (Å²) in [5.74, 6) is 3.01. The van der Waals surface area contributed by atoms with E-state index in [1.165, 1.54) is 0 Å². The van der Waals surface area contributed by atoms with Gasteiger partial charge in [-0.15, -0.1) is 0 Å². The summed E-state index contributed by atoms with van der Waals surface area (Å²) in [6.07, 6.45) is 0. The number of hydrogen-bond acceptors (Lipinski definition) is 5. The Morgan fingerprint density at radius 2 is 1.80 bits per heavy atom. The van der Waals surface area contributed by atoms with Crippen molar-refractivity contribution in [3.05, 3.63) is 48.0 Å². The lowest BCUT2D eigenvalue weighted by molar-refractivity contribution is 0.162. The predicted molar refractivity (Wildman–Crippen MR) is 117 cm³/mol. The third-order valence-corrected chi connectivity index (χ3v) is 5.09. The average molecular weight is 409 g/mol. The Labute approximate surface area is 177 Å². The topological polar surface area (TPSA) is 66.4 Å². The maximum absolute atomic E-state index is 12.5. The van der Waals surface area contributed by atoms with Crippen molar-refractivity contribution in [3.8, 4) is 17.2 Å². The first-order valence-corrected chi connectivity index (χ1v) is 10.2. The van der Waals surface area contributed by atoms with Gasteiger partial charge in [-0.05, 0) is 45.0 Å². The van der Waals surface area contributed by atoms with Crippen LogP contribution in [0.4, 0.5) is 10.5 Å². The van der Waals surface area contributed by atoms with Crippen LogP contribution < -0.4 is 14.8 Å². The molecule has 0 unspecified atom stereocenters. The SMILES string of the molecule is COc1ccc2c(c1)Oc1ccccc1N=C2N1CCN(C(=O)NC(C)(C)C)CC1. The van der Waals surface area contributed by atoms with Gasteiger partial charge in [-0.2, -0.15) is 0 Å². The molecule has 2 aromatic rings. The van der Waals surface area contributed by atoms with E-state index >= 15 is 0 Å². The molecule has 7 nitrogen and oxygen atoms in total. The zero-order valence-corrected chi connectivity index (χ0v) is 17.9. The number of para-hydroxylation sites is 2. The molecule has 2 aliphatic rings. The van der Waals surface area contributed by atoms with Crippen LogP contribution in [-0.4, -0.2) is 60.5 Å². The Morgan fingerprint density at radius 3 is 2.50 bits per heavy atom. The van der Waals surface area contributed by atoms with Crippen molar-refractivity contribution < 1.29 is 14.3 Å². The summed E-state index contributed by atoms with van der Waals surface area (Å²) in [6.45, 7) is 8.64.